The van der Waals surface area contributed by atoms with Crippen LogP contribution < -0.4 is 15.8 Å². The van der Waals surface area contributed by atoms with E-state index in [1.54, 1.807) is 56.6 Å². The minimum absolute atomic E-state index is 0.206. The predicted octanol–water partition coefficient (Wildman–Crippen LogP) is 2.89. The van der Waals surface area contributed by atoms with E-state index in [9.17, 15) is 9.59 Å². The molecule has 1 aromatic carbocycles. The van der Waals surface area contributed by atoms with Crippen molar-refractivity contribution in [3.8, 4) is 5.75 Å². The van der Waals surface area contributed by atoms with Gasteiger partial charge in [-0.25, -0.2) is 4.79 Å². The summed E-state index contributed by atoms with van der Waals surface area (Å²) in [4.78, 5) is 33.0. The summed E-state index contributed by atoms with van der Waals surface area (Å²) >= 11 is 0. The van der Waals surface area contributed by atoms with Gasteiger partial charge in [-0.2, -0.15) is 0 Å². The van der Waals surface area contributed by atoms with Gasteiger partial charge in [-0.3, -0.25) is 14.8 Å². The first kappa shape index (κ1) is 21.0. The highest BCUT2D eigenvalue weighted by molar-refractivity contribution is 6.07. The van der Waals surface area contributed by atoms with Gasteiger partial charge < -0.3 is 20.5 Å². The second-order valence-corrected chi connectivity index (χ2v) is 6.78. The molecule has 0 saturated heterocycles. The van der Waals surface area contributed by atoms with Gasteiger partial charge in [-0.05, 0) is 45.0 Å². The van der Waals surface area contributed by atoms with Gasteiger partial charge >= 0.3 is 5.97 Å². The van der Waals surface area contributed by atoms with Crippen molar-refractivity contribution in [2.45, 2.75) is 26.8 Å². The van der Waals surface area contributed by atoms with Crippen LogP contribution in [0.3, 0.4) is 0 Å². The Kier molecular flexibility index (Phi) is 6.46. The minimum atomic E-state index is -0.519. The number of hydrogen-bond donors (Lipinski definition) is 2. The summed E-state index contributed by atoms with van der Waals surface area (Å²) in [7, 11) is 0. The number of ether oxygens (including phenoxy) is 2. The van der Waals surface area contributed by atoms with E-state index in [1.165, 1.54) is 0 Å². The number of hydrogen-bond acceptors (Lipinski definition) is 7. The standard InChI is InChI=1S/C22H24N4O4/c1-4-29-22(28)18-14(3)26-16-6-5-7-17(19(16)20(18)23)30-12-13(2)25-21(27)15-8-10-24-11-9-15/h5-11,13H,4,12H2,1-3H3,(H2,23,26)(H,25,27). The fourth-order valence-corrected chi connectivity index (χ4v) is 3.09. The smallest absolute Gasteiger partial charge is 0.342 e. The molecular weight excluding hydrogens is 384 g/mol. The lowest BCUT2D eigenvalue weighted by atomic mass is 10.1. The lowest BCUT2D eigenvalue weighted by Gasteiger charge is -2.18. The molecule has 1 amide bonds. The number of nitrogens with one attached hydrogen (secondary N) is 1. The first-order valence-electron chi connectivity index (χ1n) is 9.62. The highest BCUT2D eigenvalue weighted by Crippen LogP contribution is 2.33. The summed E-state index contributed by atoms with van der Waals surface area (Å²) < 4.78 is 11.0. The maximum absolute atomic E-state index is 12.3. The van der Waals surface area contributed by atoms with Crippen LogP contribution in [0.1, 0.15) is 40.3 Å². The van der Waals surface area contributed by atoms with Crippen LogP contribution in [0.25, 0.3) is 10.9 Å². The second kappa shape index (κ2) is 9.21. The second-order valence-electron chi connectivity index (χ2n) is 6.78. The molecule has 0 aliphatic carbocycles. The molecule has 0 fully saturated rings. The fourth-order valence-electron chi connectivity index (χ4n) is 3.09. The Hall–Kier alpha value is -3.68. The van der Waals surface area contributed by atoms with Gasteiger partial charge in [0.2, 0.25) is 0 Å². The van der Waals surface area contributed by atoms with Crippen molar-refractivity contribution in [2.75, 3.05) is 18.9 Å². The number of nitrogen functional groups attached to an aromatic ring is 1. The number of nitrogens with two attached hydrogens (primary N) is 1. The number of anilines is 1. The van der Waals surface area contributed by atoms with E-state index in [-0.39, 0.29) is 36.4 Å². The van der Waals surface area contributed by atoms with Crippen molar-refractivity contribution in [3.63, 3.8) is 0 Å². The van der Waals surface area contributed by atoms with E-state index in [0.717, 1.165) is 0 Å². The monoisotopic (exact) mass is 408 g/mol. The van der Waals surface area contributed by atoms with Gasteiger partial charge in [0.25, 0.3) is 5.91 Å². The third-order valence-electron chi connectivity index (χ3n) is 4.48. The summed E-state index contributed by atoms with van der Waals surface area (Å²) in [5.74, 6) is -0.254. The van der Waals surface area contributed by atoms with Gasteiger partial charge in [0.15, 0.2) is 0 Å². The number of pyridine rings is 2. The number of benzene rings is 1. The molecule has 3 rings (SSSR count). The number of aromatic nitrogens is 2. The van der Waals surface area contributed by atoms with E-state index >= 15 is 0 Å². The third-order valence-corrected chi connectivity index (χ3v) is 4.48. The molecular formula is C22H24N4O4. The van der Waals surface area contributed by atoms with E-state index < -0.39 is 5.97 Å². The summed E-state index contributed by atoms with van der Waals surface area (Å²) in [6.07, 6.45) is 3.12. The average Bonchev–Trinajstić information content (AvgIpc) is 2.72. The molecule has 3 aromatic rings. The Morgan fingerprint density at radius 1 is 1.20 bits per heavy atom. The SMILES string of the molecule is CCOC(=O)c1c(C)nc2cccc(OCC(C)NC(=O)c3ccncc3)c2c1N. The quantitative estimate of drug-likeness (QED) is 0.577. The fraction of sp³-hybridized carbons (Fsp3) is 0.273. The lowest BCUT2D eigenvalue weighted by molar-refractivity contribution is 0.0526. The highest BCUT2D eigenvalue weighted by atomic mass is 16.5. The van der Waals surface area contributed by atoms with E-state index in [4.69, 9.17) is 15.2 Å². The van der Waals surface area contributed by atoms with Crippen LogP contribution in [-0.4, -0.2) is 41.1 Å². The summed E-state index contributed by atoms with van der Waals surface area (Å²) in [5.41, 5.74) is 8.45. The minimum Gasteiger partial charge on any atom is -0.491 e. The maximum Gasteiger partial charge on any atom is 0.342 e. The molecule has 1 atom stereocenters. The van der Waals surface area contributed by atoms with Crippen LogP contribution in [0.4, 0.5) is 5.69 Å². The molecule has 156 valence electrons. The van der Waals surface area contributed by atoms with Crippen LogP contribution in [0, 0.1) is 6.92 Å². The first-order valence-corrected chi connectivity index (χ1v) is 9.62. The lowest BCUT2D eigenvalue weighted by Crippen LogP contribution is -2.36. The largest absolute Gasteiger partial charge is 0.491 e. The number of carbonyl (C=O) groups excluding carboxylic acids is 2. The average molecular weight is 408 g/mol. The van der Waals surface area contributed by atoms with Crippen molar-refractivity contribution in [1.82, 2.24) is 15.3 Å². The summed E-state index contributed by atoms with van der Waals surface area (Å²) in [6.45, 7) is 5.72. The number of nitrogens with zero attached hydrogens (tertiary/aromatic N) is 2. The van der Waals surface area contributed by atoms with Crippen molar-refractivity contribution in [3.05, 3.63) is 59.5 Å². The number of aryl methyl sites for hydroxylation is 1. The van der Waals surface area contributed by atoms with Crippen molar-refractivity contribution in [1.29, 1.82) is 0 Å². The van der Waals surface area contributed by atoms with E-state index in [2.05, 4.69) is 15.3 Å². The topological polar surface area (TPSA) is 116 Å². The third kappa shape index (κ3) is 4.48. The molecule has 0 radical (unpaired) electrons. The molecule has 0 spiro atoms. The first-order chi connectivity index (χ1) is 14.4. The van der Waals surface area contributed by atoms with Gasteiger partial charge in [-0.15, -0.1) is 0 Å². The van der Waals surface area contributed by atoms with Crippen LogP contribution >= 0.6 is 0 Å². The Balaban J connectivity index is 1.81. The van der Waals surface area contributed by atoms with Gasteiger partial charge in [0.1, 0.15) is 17.9 Å². The molecule has 8 nitrogen and oxygen atoms in total. The molecule has 3 N–H and O–H groups in total. The molecule has 2 aromatic heterocycles. The Morgan fingerprint density at radius 2 is 1.93 bits per heavy atom. The van der Waals surface area contributed by atoms with Crippen LogP contribution in [0.5, 0.6) is 5.75 Å². The number of carbonyl (C=O) groups is 2. The van der Waals surface area contributed by atoms with Crippen LogP contribution in [-0.2, 0) is 4.74 Å². The van der Waals surface area contributed by atoms with Crippen molar-refractivity contribution in [2.24, 2.45) is 0 Å². The number of esters is 1. The van der Waals surface area contributed by atoms with Gasteiger partial charge in [-0.1, -0.05) is 6.07 Å². The highest BCUT2D eigenvalue weighted by Gasteiger charge is 2.21. The number of amides is 1. The normalized spacial score (nSPS) is 11.7. The summed E-state index contributed by atoms with van der Waals surface area (Å²) in [6, 6.07) is 8.36. The number of fused-ring (bicyclic) bond motifs is 1. The predicted molar refractivity (Wildman–Crippen MR) is 114 cm³/mol. The zero-order valence-corrected chi connectivity index (χ0v) is 17.1. The van der Waals surface area contributed by atoms with E-state index in [1.807, 2.05) is 6.92 Å². The number of rotatable bonds is 7. The Labute approximate surface area is 174 Å². The molecule has 0 aliphatic heterocycles. The van der Waals surface area contributed by atoms with Crippen molar-refractivity contribution >= 4 is 28.5 Å². The molecule has 0 bridgehead atoms. The zero-order chi connectivity index (χ0) is 21.7. The maximum atomic E-state index is 12.3. The van der Waals surface area contributed by atoms with Crippen LogP contribution in [0.15, 0.2) is 42.7 Å². The van der Waals surface area contributed by atoms with E-state index in [0.29, 0.717) is 27.9 Å². The molecule has 2 heterocycles. The molecule has 0 saturated carbocycles. The Morgan fingerprint density at radius 3 is 2.63 bits per heavy atom. The molecule has 8 heteroatoms. The van der Waals surface area contributed by atoms with Gasteiger partial charge in [0.05, 0.1) is 34.9 Å². The molecule has 30 heavy (non-hydrogen) atoms. The zero-order valence-electron chi connectivity index (χ0n) is 17.1. The summed E-state index contributed by atoms with van der Waals surface area (Å²) in [5, 5.41) is 3.41. The molecule has 0 aliphatic rings. The van der Waals surface area contributed by atoms with Crippen LogP contribution in [0.2, 0.25) is 0 Å². The van der Waals surface area contributed by atoms with Crippen molar-refractivity contribution < 1.29 is 19.1 Å². The van der Waals surface area contributed by atoms with Gasteiger partial charge in [0, 0.05) is 18.0 Å². The molecule has 1 unspecified atom stereocenters. The Bertz CT molecular complexity index is 1070.